The van der Waals surface area contributed by atoms with Crippen molar-refractivity contribution in [2.45, 2.75) is 25.3 Å². The number of halogens is 1. The summed E-state index contributed by atoms with van der Waals surface area (Å²) in [6.07, 6.45) is 0.386. The number of nitrogens with zero attached hydrogens (tertiary/aromatic N) is 2. The monoisotopic (exact) mass is 406 g/mol. The SMILES string of the molecule is O=C(O)CCC(=O)N1N=C(c2cccs2)C[C@@H]1c1ccc(Br)cc1. The molecule has 0 saturated heterocycles. The predicted octanol–water partition coefficient (Wildman–Crippen LogP) is 4.05. The van der Waals surface area contributed by atoms with Crippen LogP contribution in [0.1, 0.15) is 35.7 Å². The van der Waals surface area contributed by atoms with E-state index in [4.69, 9.17) is 5.11 Å². The van der Waals surface area contributed by atoms with Crippen LogP contribution in [0.25, 0.3) is 0 Å². The molecule has 2 heterocycles. The summed E-state index contributed by atoms with van der Waals surface area (Å²) in [7, 11) is 0. The van der Waals surface area contributed by atoms with Crippen LogP contribution in [0.2, 0.25) is 0 Å². The Kier molecular flexibility index (Phi) is 5.11. The molecule has 0 spiro atoms. The van der Waals surface area contributed by atoms with Gasteiger partial charge >= 0.3 is 5.97 Å². The Morgan fingerprint density at radius 1 is 1.25 bits per heavy atom. The number of carboxylic acids is 1. The smallest absolute Gasteiger partial charge is 0.303 e. The number of aliphatic carboxylic acids is 1. The van der Waals surface area contributed by atoms with Gasteiger partial charge in [-0.1, -0.05) is 34.1 Å². The zero-order valence-corrected chi connectivity index (χ0v) is 15.1. The van der Waals surface area contributed by atoms with Crippen molar-refractivity contribution in [1.82, 2.24) is 5.01 Å². The summed E-state index contributed by atoms with van der Waals surface area (Å²) < 4.78 is 0.965. The molecule has 1 aliphatic rings. The van der Waals surface area contributed by atoms with Gasteiger partial charge in [-0.3, -0.25) is 9.59 Å². The fraction of sp³-hybridized carbons (Fsp3) is 0.235. The van der Waals surface area contributed by atoms with Crippen molar-refractivity contribution in [3.63, 3.8) is 0 Å². The van der Waals surface area contributed by atoms with E-state index in [2.05, 4.69) is 21.0 Å². The van der Waals surface area contributed by atoms with Gasteiger partial charge in [0.25, 0.3) is 0 Å². The van der Waals surface area contributed by atoms with Crippen LogP contribution in [0.4, 0.5) is 0 Å². The second-order valence-corrected chi connectivity index (χ2v) is 7.29. The number of carbonyl (C=O) groups excluding carboxylic acids is 1. The average Bonchev–Trinajstić information content (AvgIpc) is 3.22. The fourth-order valence-corrected chi connectivity index (χ4v) is 3.59. The molecule has 1 amide bonds. The molecule has 0 saturated carbocycles. The molecule has 1 aromatic heterocycles. The molecule has 5 nitrogen and oxygen atoms in total. The number of carbonyl (C=O) groups is 2. The summed E-state index contributed by atoms with van der Waals surface area (Å²) in [5, 5.41) is 16.7. The van der Waals surface area contributed by atoms with Crippen LogP contribution < -0.4 is 0 Å². The predicted molar refractivity (Wildman–Crippen MR) is 96.1 cm³/mol. The Balaban J connectivity index is 1.87. The van der Waals surface area contributed by atoms with Crippen molar-refractivity contribution in [2.24, 2.45) is 5.10 Å². The summed E-state index contributed by atoms with van der Waals surface area (Å²) in [6, 6.07) is 11.5. The van der Waals surface area contributed by atoms with Gasteiger partial charge in [0.05, 0.1) is 23.1 Å². The van der Waals surface area contributed by atoms with Crippen LogP contribution in [-0.2, 0) is 9.59 Å². The molecule has 0 aliphatic carbocycles. The third-order valence-electron chi connectivity index (χ3n) is 3.78. The third-order valence-corrected chi connectivity index (χ3v) is 5.23. The summed E-state index contributed by atoms with van der Waals surface area (Å²) in [5.41, 5.74) is 1.85. The van der Waals surface area contributed by atoms with Crippen molar-refractivity contribution >= 4 is 44.9 Å². The van der Waals surface area contributed by atoms with Crippen molar-refractivity contribution in [1.29, 1.82) is 0 Å². The molecule has 1 atom stereocenters. The van der Waals surface area contributed by atoms with Crippen LogP contribution in [0.3, 0.4) is 0 Å². The number of benzene rings is 1. The van der Waals surface area contributed by atoms with Crippen molar-refractivity contribution in [3.05, 3.63) is 56.7 Å². The maximum atomic E-state index is 12.5. The van der Waals surface area contributed by atoms with Gasteiger partial charge in [0.15, 0.2) is 0 Å². The highest BCUT2D eigenvalue weighted by Gasteiger charge is 2.33. The molecule has 3 rings (SSSR count). The number of rotatable bonds is 5. The fourth-order valence-electron chi connectivity index (χ4n) is 2.60. The topological polar surface area (TPSA) is 70.0 Å². The number of carboxylic acid groups (broad SMARTS) is 1. The van der Waals surface area contributed by atoms with Gasteiger partial charge < -0.3 is 5.11 Å². The largest absolute Gasteiger partial charge is 0.481 e. The van der Waals surface area contributed by atoms with Gasteiger partial charge in [0, 0.05) is 17.3 Å². The second kappa shape index (κ2) is 7.27. The molecule has 0 unspecified atom stereocenters. The number of amides is 1. The van der Waals surface area contributed by atoms with Crippen molar-refractivity contribution < 1.29 is 14.7 Å². The molecule has 1 aromatic carbocycles. The Morgan fingerprint density at radius 2 is 2.00 bits per heavy atom. The first-order valence-electron chi connectivity index (χ1n) is 7.45. The van der Waals surface area contributed by atoms with Crippen LogP contribution in [-0.4, -0.2) is 27.7 Å². The van der Waals surface area contributed by atoms with E-state index < -0.39 is 5.97 Å². The van der Waals surface area contributed by atoms with E-state index in [1.165, 1.54) is 5.01 Å². The molecule has 124 valence electrons. The number of hydrogen-bond acceptors (Lipinski definition) is 4. The van der Waals surface area contributed by atoms with Gasteiger partial charge in [-0.2, -0.15) is 5.10 Å². The maximum Gasteiger partial charge on any atom is 0.303 e. The highest BCUT2D eigenvalue weighted by molar-refractivity contribution is 9.10. The van der Waals surface area contributed by atoms with Crippen LogP contribution in [0.5, 0.6) is 0 Å². The Morgan fingerprint density at radius 3 is 2.62 bits per heavy atom. The van der Waals surface area contributed by atoms with E-state index in [0.29, 0.717) is 6.42 Å². The molecule has 1 aliphatic heterocycles. The molecular formula is C17H15BrN2O3S. The molecular weight excluding hydrogens is 392 g/mol. The Labute approximate surface area is 151 Å². The summed E-state index contributed by atoms with van der Waals surface area (Å²) in [4.78, 5) is 24.2. The molecule has 0 fully saturated rings. The first-order valence-corrected chi connectivity index (χ1v) is 9.12. The lowest BCUT2D eigenvalue weighted by Gasteiger charge is -2.22. The number of thiophene rings is 1. The van der Waals surface area contributed by atoms with Gasteiger partial charge in [-0.05, 0) is 29.1 Å². The lowest BCUT2D eigenvalue weighted by molar-refractivity contribution is -0.141. The van der Waals surface area contributed by atoms with E-state index in [1.54, 1.807) is 11.3 Å². The van der Waals surface area contributed by atoms with Gasteiger partial charge in [0.1, 0.15) is 0 Å². The van der Waals surface area contributed by atoms with Crippen LogP contribution in [0, 0.1) is 0 Å². The Hall–Kier alpha value is -1.99. The van der Waals surface area contributed by atoms with Crippen molar-refractivity contribution in [2.75, 3.05) is 0 Å². The average molecular weight is 407 g/mol. The molecule has 1 N–H and O–H groups in total. The van der Waals surface area contributed by atoms with E-state index in [1.807, 2.05) is 41.8 Å². The first-order chi connectivity index (χ1) is 11.5. The van der Waals surface area contributed by atoms with Gasteiger partial charge in [-0.15, -0.1) is 11.3 Å². The van der Waals surface area contributed by atoms with E-state index in [9.17, 15) is 9.59 Å². The molecule has 24 heavy (non-hydrogen) atoms. The zero-order chi connectivity index (χ0) is 17.1. The second-order valence-electron chi connectivity index (χ2n) is 5.43. The highest BCUT2D eigenvalue weighted by atomic mass is 79.9. The third kappa shape index (κ3) is 3.73. The van der Waals surface area contributed by atoms with Crippen LogP contribution >= 0.6 is 27.3 Å². The molecule has 0 radical (unpaired) electrons. The maximum absolute atomic E-state index is 12.5. The van der Waals surface area contributed by atoms with Crippen molar-refractivity contribution in [3.8, 4) is 0 Å². The molecule has 2 aromatic rings. The normalized spacial score (nSPS) is 17.0. The minimum absolute atomic E-state index is 0.0520. The minimum Gasteiger partial charge on any atom is -0.481 e. The first kappa shape index (κ1) is 16.9. The van der Waals surface area contributed by atoms with Gasteiger partial charge in [0.2, 0.25) is 5.91 Å². The summed E-state index contributed by atoms with van der Waals surface area (Å²) in [5.74, 6) is -1.25. The Bertz CT molecular complexity index is 772. The zero-order valence-electron chi connectivity index (χ0n) is 12.7. The summed E-state index contributed by atoms with van der Waals surface area (Å²) >= 11 is 4.99. The number of hydrogen-bond donors (Lipinski definition) is 1. The quantitative estimate of drug-likeness (QED) is 0.813. The molecule has 0 bridgehead atoms. The lowest BCUT2D eigenvalue weighted by atomic mass is 10.0. The minimum atomic E-state index is -0.981. The van der Waals surface area contributed by atoms with E-state index in [-0.39, 0.29) is 24.8 Å². The van der Waals surface area contributed by atoms with Gasteiger partial charge in [-0.25, -0.2) is 5.01 Å². The number of hydrazone groups is 1. The lowest BCUT2D eigenvalue weighted by Crippen LogP contribution is -2.27. The standard InChI is InChI=1S/C17H15BrN2O3S/c18-12-5-3-11(4-6-12)14-10-13(15-2-1-9-24-15)19-20(14)16(21)7-8-17(22)23/h1-6,9,14H,7-8,10H2,(H,22,23)/t14-/m1/s1. The van der Waals surface area contributed by atoms with E-state index >= 15 is 0 Å². The molecule has 7 heteroatoms. The van der Waals surface area contributed by atoms with Crippen LogP contribution in [0.15, 0.2) is 51.4 Å². The van der Waals surface area contributed by atoms with E-state index in [0.717, 1.165) is 20.6 Å². The highest BCUT2D eigenvalue weighted by Crippen LogP contribution is 2.34. The summed E-state index contributed by atoms with van der Waals surface area (Å²) in [6.45, 7) is 0.